The molecule has 2 aromatic rings. The minimum Gasteiger partial charge on any atom is -0.496 e. The fraction of sp³-hybridized carbons (Fsp3) is 0.294. The maximum absolute atomic E-state index is 11.9. The van der Waals surface area contributed by atoms with Gasteiger partial charge in [0, 0.05) is 16.7 Å². The van der Waals surface area contributed by atoms with E-state index in [1.807, 2.05) is 26.0 Å². The molecule has 0 unspecified atom stereocenters. The van der Waals surface area contributed by atoms with E-state index < -0.39 is 5.97 Å². The van der Waals surface area contributed by atoms with Crippen LogP contribution in [0.5, 0.6) is 5.75 Å². The molecular weight excluding hydrogens is 300 g/mol. The lowest BCUT2D eigenvalue weighted by Gasteiger charge is -2.04. The zero-order valence-electron chi connectivity index (χ0n) is 13.0. The maximum Gasteiger partial charge on any atom is 0.303 e. The van der Waals surface area contributed by atoms with Crippen LogP contribution >= 0.6 is 11.3 Å². The Morgan fingerprint density at radius 2 is 1.95 bits per heavy atom. The van der Waals surface area contributed by atoms with Crippen molar-refractivity contribution in [2.45, 2.75) is 26.7 Å². The number of rotatable bonds is 6. The normalized spacial score (nSPS) is 9.77. The van der Waals surface area contributed by atoms with Crippen LogP contribution in [0.3, 0.4) is 0 Å². The number of carbonyl (C=O) groups excluding carboxylic acids is 1. The van der Waals surface area contributed by atoms with Crippen LogP contribution in [0, 0.1) is 0 Å². The molecule has 1 heterocycles. The Hall–Kier alpha value is -2.14. The van der Waals surface area contributed by atoms with Gasteiger partial charge >= 0.3 is 5.97 Å². The average Bonchev–Trinajstić information content (AvgIpc) is 2.95. The summed E-state index contributed by atoms with van der Waals surface area (Å²) in [6.45, 7) is 7.73. The second-order valence-electron chi connectivity index (χ2n) is 4.26. The predicted octanol–water partition coefficient (Wildman–Crippen LogP) is 4.63. The van der Waals surface area contributed by atoms with Crippen LogP contribution in [0.4, 0.5) is 0 Å². The number of Topliss-reactive ketones (excluding diaryl/α,β-unsaturated/α-hetero) is 1. The van der Waals surface area contributed by atoms with Gasteiger partial charge in [0.25, 0.3) is 0 Å². The molecule has 0 aliphatic heterocycles. The van der Waals surface area contributed by atoms with Crippen LogP contribution in [0.15, 0.2) is 24.8 Å². The maximum atomic E-state index is 11.9. The van der Waals surface area contributed by atoms with Crippen LogP contribution in [0.1, 0.15) is 41.9 Å². The third-order valence-electron chi connectivity index (χ3n) is 2.93. The molecule has 2 rings (SSSR count). The summed E-state index contributed by atoms with van der Waals surface area (Å²) in [6.07, 6.45) is 1.57. The molecule has 0 aliphatic rings. The highest BCUT2D eigenvalue weighted by molar-refractivity contribution is 7.20. The number of carboxylic acids is 1. The molecule has 0 radical (unpaired) electrons. The first-order valence-electron chi connectivity index (χ1n) is 7.04. The Balaban J connectivity index is 0.00000116. The van der Waals surface area contributed by atoms with Gasteiger partial charge in [-0.15, -0.1) is 11.3 Å². The summed E-state index contributed by atoms with van der Waals surface area (Å²) < 4.78 is 6.20. The quantitative estimate of drug-likeness (QED) is 0.788. The number of carbonyl (C=O) groups is 2. The Morgan fingerprint density at radius 3 is 2.50 bits per heavy atom. The Bertz CT molecular complexity index is 685. The van der Waals surface area contributed by atoms with Gasteiger partial charge in [-0.2, -0.15) is 0 Å². The van der Waals surface area contributed by atoms with Crippen molar-refractivity contribution in [1.82, 2.24) is 0 Å². The number of ether oxygens (including phenoxy) is 1. The lowest BCUT2D eigenvalue weighted by Crippen LogP contribution is -2.01. The first-order valence-corrected chi connectivity index (χ1v) is 7.86. The standard InChI is InChI=1S/C15H14O4S.C2H6/c1-3-9-6-10-7-14(11(16)4-5-15(17)18)20-13(10)8-12(9)19-2;1-2/h3,6-8H,1,4-5H2,2H3,(H,17,18);1-2H3. The number of benzene rings is 1. The van der Waals surface area contributed by atoms with E-state index in [0.29, 0.717) is 10.6 Å². The van der Waals surface area contributed by atoms with Gasteiger partial charge < -0.3 is 9.84 Å². The van der Waals surface area contributed by atoms with Crippen LogP contribution in [0.2, 0.25) is 0 Å². The minimum atomic E-state index is -0.963. The summed E-state index contributed by atoms with van der Waals surface area (Å²) in [5.74, 6) is -0.401. The van der Waals surface area contributed by atoms with Crippen LogP contribution in [0.25, 0.3) is 16.2 Å². The molecule has 0 aliphatic carbocycles. The van der Waals surface area contributed by atoms with E-state index in [1.54, 1.807) is 19.3 Å². The van der Waals surface area contributed by atoms with Gasteiger partial charge in [-0.25, -0.2) is 0 Å². The number of methoxy groups -OCH3 is 1. The van der Waals surface area contributed by atoms with E-state index in [2.05, 4.69) is 6.58 Å². The molecule has 22 heavy (non-hydrogen) atoms. The lowest BCUT2D eigenvalue weighted by atomic mass is 10.1. The molecule has 5 heteroatoms. The molecular formula is C17H20O4S. The molecule has 1 aromatic heterocycles. The number of carboxylic acid groups (broad SMARTS) is 1. The lowest BCUT2D eigenvalue weighted by molar-refractivity contribution is -0.136. The van der Waals surface area contributed by atoms with Crippen molar-refractivity contribution < 1.29 is 19.4 Å². The highest BCUT2D eigenvalue weighted by Gasteiger charge is 2.13. The van der Waals surface area contributed by atoms with Crippen molar-refractivity contribution >= 4 is 39.3 Å². The number of hydrogen-bond donors (Lipinski definition) is 1. The van der Waals surface area contributed by atoms with Crippen molar-refractivity contribution in [3.8, 4) is 5.75 Å². The number of fused-ring (bicyclic) bond motifs is 1. The molecule has 0 bridgehead atoms. The molecule has 0 saturated carbocycles. The third-order valence-corrected chi connectivity index (χ3v) is 4.07. The summed E-state index contributed by atoms with van der Waals surface area (Å²) in [5.41, 5.74) is 0.863. The van der Waals surface area contributed by atoms with E-state index in [-0.39, 0.29) is 18.6 Å². The summed E-state index contributed by atoms with van der Waals surface area (Å²) in [6, 6.07) is 5.56. The second-order valence-corrected chi connectivity index (χ2v) is 5.35. The predicted molar refractivity (Wildman–Crippen MR) is 91.0 cm³/mol. The van der Waals surface area contributed by atoms with Crippen molar-refractivity contribution in [2.75, 3.05) is 7.11 Å². The average molecular weight is 320 g/mol. The summed E-state index contributed by atoms with van der Waals surface area (Å²) in [5, 5.41) is 9.54. The SMILES string of the molecule is C=Cc1cc2cc(C(=O)CCC(=O)O)sc2cc1OC.CC. The molecule has 4 nitrogen and oxygen atoms in total. The Kier molecular flexibility index (Phi) is 6.79. The monoisotopic (exact) mass is 320 g/mol. The number of ketones is 1. The zero-order chi connectivity index (χ0) is 16.7. The third kappa shape index (κ3) is 4.18. The van der Waals surface area contributed by atoms with Gasteiger partial charge in [0.05, 0.1) is 18.4 Å². The first kappa shape index (κ1) is 17.9. The molecule has 1 N–H and O–H groups in total. The molecule has 0 amide bonds. The molecule has 0 spiro atoms. The highest BCUT2D eigenvalue weighted by atomic mass is 32.1. The van der Waals surface area contributed by atoms with E-state index in [1.165, 1.54) is 11.3 Å². The molecule has 0 fully saturated rings. The number of aliphatic carboxylic acids is 1. The largest absolute Gasteiger partial charge is 0.496 e. The highest BCUT2D eigenvalue weighted by Crippen LogP contribution is 2.33. The fourth-order valence-electron chi connectivity index (χ4n) is 1.90. The molecule has 0 saturated heterocycles. The summed E-state index contributed by atoms with van der Waals surface area (Å²) in [4.78, 5) is 23.0. The van der Waals surface area contributed by atoms with E-state index in [9.17, 15) is 9.59 Å². The van der Waals surface area contributed by atoms with E-state index in [0.717, 1.165) is 15.6 Å². The van der Waals surface area contributed by atoms with Crippen LogP contribution < -0.4 is 4.74 Å². The summed E-state index contributed by atoms with van der Waals surface area (Å²) >= 11 is 1.35. The van der Waals surface area contributed by atoms with Gasteiger partial charge in [0.1, 0.15) is 5.75 Å². The van der Waals surface area contributed by atoms with Gasteiger partial charge in [-0.1, -0.05) is 26.5 Å². The fourth-order valence-corrected chi connectivity index (χ4v) is 2.94. The van der Waals surface area contributed by atoms with Crippen molar-refractivity contribution in [2.24, 2.45) is 0 Å². The zero-order valence-corrected chi connectivity index (χ0v) is 13.8. The number of hydrogen-bond acceptors (Lipinski definition) is 4. The van der Waals surface area contributed by atoms with Gasteiger partial charge in [-0.05, 0) is 23.6 Å². The topological polar surface area (TPSA) is 63.6 Å². The van der Waals surface area contributed by atoms with Gasteiger partial charge in [0.2, 0.25) is 0 Å². The smallest absolute Gasteiger partial charge is 0.303 e. The van der Waals surface area contributed by atoms with Crippen LogP contribution in [-0.4, -0.2) is 24.0 Å². The molecule has 0 atom stereocenters. The van der Waals surface area contributed by atoms with E-state index in [4.69, 9.17) is 9.84 Å². The second kappa shape index (κ2) is 8.34. The van der Waals surface area contributed by atoms with Gasteiger partial charge in [0.15, 0.2) is 5.78 Å². The minimum absolute atomic E-state index is 0.0214. The van der Waals surface area contributed by atoms with Crippen molar-refractivity contribution in [3.05, 3.63) is 35.2 Å². The van der Waals surface area contributed by atoms with Crippen molar-refractivity contribution in [3.63, 3.8) is 0 Å². The molecule has 118 valence electrons. The summed E-state index contributed by atoms with van der Waals surface area (Å²) in [7, 11) is 1.58. The first-order chi connectivity index (χ1) is 10.5. The Labute approximate surface area is 134 Å². The van der Waals surface area contributed by atoms with Crippen LogP contribution in [-0.2, 0) is 4.79 Å². The van der Waals surface area contributed by atoms with Gasteiger partial charge in [-0.3, -0.25) is 9.59 Å². The van der Waals surface area contributed by atoms with Crippen molar-refractivity contribution in [1.29, 1.82) is 0 Å². The Morgan fingerprint density at radius 1 is 1.27 bits per heavy atom. The van der Waals surface area contributed by atoms with E-state index >= 15 is 0 Å². The number of thiophene rings is 1. The molecule has 1 aromatic carbocycles.